The second-order valence-corrected chi connectivity index (χ2v) is 13.3. The number of nitrogens with zero attached hydrogens (tertiary/aromatic N) is 2. The highest BCUT2D eigenvalue weighted by molar-refractivity contribution is 7.92. The predicted octanol–water partition coefficient (Wildman–Crippen LogP) is 6.54. The Bertz CT molecular complexity index is 1530. The molecular formula is C29H30Cl2F3N3O4S. The summed E-state index contributed by atoms with van der Waals surface area (Å²) in [6, 6.07) is 15.0. The van der Waals surface area contributed by atoms with Crippen LogP contribution in [0.4, 0.5) is 18.9 Å². The molecule has 0 aliphatic rings. The SMILES string of the molecule is C[C@H](C(=O)NC(C)(C)C)N(Cc1ccc(Cl)cc1)C(=O)CN(c1ccc(Cl)c(C(F)(F)F)c1)S(=O)(=O)c1ccccc1. The van der Waals surface area contributed by atoms with Crippen LogP contribution in [0.15, 0.2) is 77.7 Å². The van der Waals surface area contributed by atoms with E-state index in [0.717, 1.165) is 12.1 Å². The molecule has 3 aromatic rings. The van der Waals surface area contributed by atoms with E-state index in [9.17, 15) is 31.2 Å². The van der Waals surface area contributed by atoms with E-state index in [1.54, 1.807) is 51.1 Å². The van der Waals surface area contributed by atoms with Crippen LogP contribution >= 0.6 is 23.2 Å². The van der Waals surface area contributed by atoms with E-state index in [4.69, 9.17) is 23.2 Å². The van der Waals surface area contributed by atoms with Gasteiger partial charge in [0.25, 0.3) is 10.0 Å². The van der Waals surface area contributed by atoms with Crippen LogP contribution in [-0.4, -0.2) is 43.3 Å². The van der Waals surface area contributed by atoms with Gasteiger partial charge in [0, 0.05) is 17.1 Å². The third-order valence-corrected chi connectivity index (χ3v) is 8.45. The Hall–Kier alpha value is -3.28. The van der Waals surface area contributed by atoms with Crippen molar-refractivity contribution in [2.24, 2.45) is 0 Å². The van der Waals surface area contributed by atoms with Crippen molar-refractivity contribution in [3.8, 4) is 0 Å². The lowest BCUT2D eigenvalue weighted by molar-refractivity contribution is -0.140. The van der Waals surface area contributed by atoms with E-state index in [1.807, 2.05) is 0 Å². The first-order chi connectivity index (χ1) is 19.4. The molecule has 0 radical (unpaired) electrons. The van der Waals surface area contributed by atoms with E-state index in [2.05, 4.69) is 5.32 Å². The summed E-state index contributed by atoms with van der Waals surface area (Å²) in [5.41, 5.74) is -1.74. The van der Waals surface area contributed by atoms with Crippen LogP contribution < -0.4 is 9.62 Å². The van der Waals surface area contributed by atoms with Gasteiger partial charge in [-0.1, -0.05) is 53.5 Å². The second-order valence-electron chi connectivity index (χ2n) is 10.5. The third kappa shape index (κ3) is 8.39. The topological polar surface area (TPSA) is 86.8 Å². The number of anilines is 1. The predicted molar refractivity (Wildman–Crippen MR) is 157 cm³/mol. The number of sulfonamides is 1. The van der Waals surface area contributed by atoms with E-state index in [1.165, 1.54) is 36.1 Å². The van der Waals surface area contributed by atoms with Gasteiger partial charge in [0.15, 0.2) is 0 Å². The van der Waals surface area contributed by atoms with Crippen molar-refractivity contribution >= 4 is 50.7 Å². The largest absolute Gasteiger partial charge is 0.417 e. The Morgan fingerprint density at radius 3 is 2.07 bits per heavy atom. The fraction of sp³-hybridized carbons (Fsp3) is 0.310. The zero-order valence-corrected chi connectivity index (χ0v) is 25.6. The van der Waals surface area contributed by atoms with Gasteiger partial charge in [-0.05, 0) is 75.7 Å². The van der Waals surface area contributed by atoms with Crippen molar-refractivity contribution in [3.63, 3.8) is 0 Å². The van der Waals surface area contributed by atoms with Gasteiger partial charge in [-0.2, -0.15) is 13.2 Å². The third-order valence-electron chi connectivity index (χ3n) is 6.09. The molecule has 0 unspecified atom stereocenters. The number of hydrogen-bond acceptors (Lipinski definition) is 4. The normalized spacial score (nSPS) is 12.9. The lowest BCUT2D eigenvalue weighted by Crippen LogP contribution is -2.54. The molecule has 226 valence electrons. The minimum atomic E-state index is -4.89. The first-order valence-electron chi connectivity index (χ1n) is 12.7. The molecule has 0 saturated carbocycles. The average Bonchev–Trinajstić information content (AvgIpc) is 2.90. The Morgan fingerprint density at radius 2 is 1.52 bits per heavy atom. The number of carbonyl (C=O) groups is 2. The fourth-order valence-electron chi connectivity index (χ4n) is 3.98. The molecule has 13 heteroatoms. The van der Waals surface area contributed by atoms with Gasteiger partial charge < -0.3 is 10.2 Å². The maximum atomic E-state index is 13.9. The van der Waals surface area contributed by atoms with E-state index < -0.39 is 62.4 Å². The van der Waals surface area contributed by atoms with Crippen LogP contribution in [-0.2, 0) is 32.3 Å². The highest BCUT2D eigenvalue weighted by atomic mass is 35.5. The summed E-state index contributed by atoms with van der Waals surface area (Å²) in [6.07, 6.45) is -4.89. The van der Waals surface area contributed by atoms with Crippen LogP contribution in [0.25, 0.3) is 0 Å². The summed E-state index contributed by atoms with van der Waals surface area (Å²) in [7, 11) is -4.55. The molecule has 0 spiro atoms. The van der Waals surface area contributed by atoms with Gasteiger partial charge in [0.1, 0.15) is 12.6 Å². The molecule has 7 nitrogen and oxygen atoms in total. The van der Waals surface area contributed by atoms with E-state index in [-0.39, 0.29) is 11.4 Å². The summed E-state index contributed by atoms with van der Waals surface area (Å²) in [5.74, 6) is -1.34. The van der Waals surface area contributed by atoms with Crippen LogP contribution in [0.2, 0.25) is 10.0 Å². The summed E-state index contributed by atoms with van der Waals surface area (Å²) in [6.45, 7) is 5.75. The molecule has 3 aromatic carbocycles. The number of carbonyl (C=O) groups excluding carboxylic acids is 2. The maximum absolute atomic E-state index is 13.9. The summed E-state index contributed by atoms with van der Waals surface area (Å²) >= 11 is 11.8. The van der Waals surface area contributed by atoms with Crippen molar-refractivity contribution in [3.05, 3.63) is 94.0 Å². The van der Waals surface area contributed by atoms with Gasteiger partial charge in [-0.3, -0.25) is 13.9 Å². The highest BCUT2D eigenvalue weighted by Gasteiger charge is 2.37. The lowest BCUT2D eigenvalue weighted by atomic mass is 10.1. The van der Waals surface area contributed by atoms with Crippen molar-refractivity contribution in [1.29, 1.82) is 0 Å². The Balaban J connectivity index is 2.11. The van der Waals surface area contributed by atoms with Crippen molar-refractivity contribution in [2.45, 2.75) is 56.9 Å². The molecule has 1 N–H and O–H groups in total. The molecule has 42 heavy (non-hydrogen) atoms. The second kappa shape index (κ2) is 12.9. The van der Waals surface area contributed by atoms with E-state index in [0.29, 0.717) is 21.0 Å². The first kappa shape index (κ1) is 33.2. The minimum absolute atomic E-state index is 0.109. The zero-order valence-electron chi connectivity index (χ0n) is 23.2. The number of nitrogens with one attached hydrogen (secondary N) is 1. The highest BCUT2D eigenvalue weighted by Crippen LogP contribution is 2.38. The molecule has 1 atom stereocenters. The van der Waals surface area contributed by atoms with Crippen LogP contribution in [0.5, 0.6) is 0 Å². The Morgan fingerprint density at radius 1 is 0.929 bits per heavy atom. The number of benzene rings is 3. The van der Waals surface area contributed by atoms with Gasteiger partial charge in [-0.15, -0.1) is 0 Å². The van der Waals surface area contributed by atoms with Crippen molar-refractivity contribution < 1.29 is 31.2 Å². The number of hydrogen-bond donors (Lipinski definition) is 1. The summed E-state index contributed by atoms with van der Waals surface area (Å²) < 4.78 is 69.3. The van der Waals surface area contributed by atoms with Crippen LogP contribution in [0.1, 0.15) is 38.8 Å². The minimum Gasteiger partial charge on any atom is -0.350 e. The maximum Gasteiger partial charge on any atom is 0.417 e. The zero-order chi connectivity index (χ0) is 31.5. The van der Waals surface area contributed by atoms with Crippen LogP contribution in [0, 0.1) is 0 Å². The standard InChI is InChI=1S/C29H30Cl2F3N3O4S/c1-19(27(39)35-28(2,3)4)36(17-20-10-12-21(30)13-11-20)26(38)18-37(42(40,41)23-8-6-5-7-9-23)22-14-15-25(31)24(16-22)29(32,33)34/h5-16,19H,17-18H2,1-4H3,(H,35,39)/t19-/m1/s1. The molecule has 0 aromatic heterocycles. The molecule has 0 fully saturated rings. The lowest BCUT2D eigenvalue weighted by Gasteiger charge is -2.33. The summed E-state index contributed by atoms with van der Waals surface area (Å²) in [5, 5.41) is 2.61. The van der Waals surface area contributed by atoms with Crippen molar-refractivity contribution in [2.75, 3.05) is 10.8 Å². The monoisotopic (exact) mass is 643 g/mol. The molecule has 0 aliphatic carbocycles. The molecule has 3 rings (SSSR count). The smallest absolute Gasteiger partial charge is 0.350 e. The van der Waals surface area contributed by atoms with Gasteiger partial charge in [0.05, 0.1) is 21.2 Å². The number of amides is 2. The van der Waals surface area contributed by atoms with Gasteiger partial charge in [-0.25, -0.2) is 8.42 Å². The number of rotatable bonds is 9. The average molecular weight is 645 g/mol. The quantitative estimate of drug-likeness (QED) is 0.287. The number of halogens is 5. The molecule has 0 aliphatic heterocycles. The van der Waals surface area contributed by atoms with Gasteiger partial charge >= 0.3 is 6.18 Å². The Labute approximate surface area is 253 Å². The molecule has 0 saturated heterocycles. The molecular weight excluding hydrogens is 614 g/mol. The molecule has 2 amide bonds. The van der Waals surface area contributed by atoms with E-state index >= 15 is 0 Å². The molecule has 0 heterocycles. The van der Waals surface area contributed by atoms with Gasteiger partial charge in [0.2, 0.25) is 11.8 Å². The fourth-order valence-corrected chi connectivity index (χ4v) is 5.75. The molecule has 0 bridgehead atoms. The first-order valence-corrected chi connectivity index (χ1v) is 14.9. The summed E-state index contributed by atoms with van der Waals surface area (Å²) in [4.78, 5) is 27.9. The number of alkyl halides is 3. The van der Waals surface area contributed by atoms with Crippen molar-refractivity contribution in [1.82, 2.24) is 10.2 Å². The van der Waals surface area contributed by atoms with Crippen LogP contribution in [0.3, 0.4) is 0 Å². The Kier molecular flexibility index (Phi) is 10.2.